The number of carboxylic acid groups (broad SMARTS) is 1. The average Bonchev–Trinajstić information content (AvgIpc) is 1.94. The Morgan fingerprint density at radius 3 is 2.75 bits per heavy atom. The van der Waals surface area contributed by atoms with Crippen molar-refractivity contribution in [3.8, 4) is 0 Å². The maximum atomic E-state index is 10.4. The van der Waals surface area contributed by atoms with E-state index in [9.17, 15) is 4.79 Å². The van der Waals surface area contributed by atoms with Gasteiger partial charge in [0.05, 0.1) is 6.10 Å². The van der Waals surface area contributed by atoms with Gasteiger partial charge in [0.15, 0.2) is 6.10 Å². The number of ether oxygens (including phenoxy) is 1. The molecule has 0 amide bonds. The van der Waals surface area contributed by atoms with Crippen molar-refractivity contribution in [2.24, 2.45) is 11.7 Å². The van der Waals surface area contributed by atoms with E-state index in [2.05, 4.69) is 0 Å². The fourth-order valence-electron chi connectivity index (χ4n) is 1.32. The zero-order valence-electron chi connectivity index (χ0n) is 7.19. The number of hydrogen-bond donors (Lipinski definition) is 2. The van der Waals surface area contributed by atoms with E-state index in [1.165, 1.54) is 0 Å². The zero-order chi connectivity index (χ0) is 9.14. The minimum atomic E-state index is -0.897. The van der Waals surface area contributed by atoms with E-state index in [0.29, 0.717) is 12.5 Å². The van der Waals surface area contributed by atoms with E-state index in [-0.39, 0.29) is 6.10 Å². The lowest BCUT2D eigenvalue weighted by atomic mass is 9.82. The number of hydrogen-bond acceptors (Lipinski definition) is 3. The highest BCUT2D eigenvalue weighted by Gasteiger charge is 2.31. The Hall–Kier alpha value is -0.610. The molecule has 0 spiro atoms. The van der Waals surface area contributed by atoms with Crippen LogP contribution in [0, 0.1) is 5.92 Å². The highest BCUT2D eigenvalue weighted by molar-refractivity contribution is 5.71. The van der Waals surface area contributed by atoms with Crippen LogP contribution in [0.25, 0.3) is 0 Å². The number of rotatable bonds is 4. The first kappa shape index (κ1) is 9.48. The molecule has 0 heterocycles. The summed E-state index contributed by atoms with van der Waals surface area (Å²) in [5.74, 6) is -0.359. The van der Waals surface area contributed by atoms with Crippen LogP contribution >= 0.6 is 0 Å². The van der Waals surface area contributed by atoms with Crippen LogP contribution in [0.1, 0.15) is 19.8 Å². The second kappa shape index (κ2) is 3.87. The maximum absolute atomic E-state index is 10.4. The van der Waals surface area contributed by atoms with Crippen molar-refractivity contribution in [2.45, 2.75) is 32.0 Å². The predicted octanol–water partition coefficient (Wildman–Crippen LogP) is 0.213. The van der Waals surface area contributed by atoms with Gasteiger partial charge in [-0.1, -0.05) is 0 Å². The molecule has 1 unspecified atom stereocenters. The number of nitrogens with two attached hydrogens (primary N) is 1. The lowest BCUT2D eigenvalue weighted by Crippen LogP contribution is -2.39. The van der Waals surface area contributed by atoms with E-state index in [1.54, 1.807) is 6.92 Å². The van der Waals surface area contributed by atoms with Crippen molar-refractivity contribution in [1.82, 2.24) is 0 Å². The Kier molecular flexibility index (Phi) is 3.05. The van der Waals surface area contributed by atoms with Crippen LogP contribution in [0.2, 0.25) is 0 Å². The Bertz CT molecular complexity index is 166. The van der Waals surface area contributed by atoms with E-state index in [4.69, 9.17) is 15.6 Å². The van der Waals surface area contributed by atoms with Gasteiger partial charge in [-0.25, -0.2) is 4.79 Å². The molecule has 12 heavy (non-hydrogen) atoms. The van der Waals surface area contributed by atoms with Gasteiger partial charge >= 0.3 is 5.97 Å². The normalized spacial score (nSPS) is 30.8. The summed E-state index contributed by atoms with van der Waals surface area (Å²) in [5.41, 5.74) is 5.41. The molecule has 0 radical (unpaired) electrons. The molecule has 1 aliphatic carbocycles. The summed E-state index contributed by atoms with van der Waals surface area (Å²) in [4.78, 5) is 10.4. The van der Waals surface area contributed by atoms with E-state index < -0.39 is 12.1 Å². The van der Waals surface area contributed by atoms with Gasteiger partial charge in [0.1, 0.15) is 0 Å². The molecule has 1 saturated carbocycles. The smallest absolute Gasteiger partial charge is 0.332 e. The lowest BCUT2D eigenvalue weighted by molar-refractivity contribution is -0.158. The van der Waals surface area contributed by atoms with Gasteiger partial charge in [0, 0.05) is 0 Å². The summed E-state index contributed by atoms with van der Waals surface area (Å²) in [5, 5.41) is 8.52. The van der Waals surface area contributed by atoms with Gasteiger partial charge in [-0.05, 0) is 32.2 Å². The summed E-state index contributed by atoms with van der Waals surface area (Å²) < 4.78 is 5.22. The molecule has 1 atom stereocenters. The molecule has 4 heteroatoms. The molecular formula is C8H15NO3. The number of aliphatic carboxylic acids is 1. The SMILES string of the molecule is CC(OC1CC(CN)C1)C(=O)O. The number of carboxylic acids is 1. The summed E-state index contributed by atoms with van der Waals surface area (Å²) >= 11 is 0. The molecule has 70 valence electrons. The molecule has 0 aliphatic heterocycles. The van der Waals surface area contributed by atoms with Crippen molar-refractivity contribution < 1.29 is 14.6 Å². The fraction of sp³-hybridized carbons (Fsp3) is 0.875. The van der Waals surface area contributed by atoms with E-state index >= 15 is 0 Å². The summed E-state index contributed by atoms with van der Waals surface area (Å²) in [6.45, 7) is 2.24. The molecule has 1 fully saturated rings. The van der Waals surface area contributed by atoms with Crippen LogP contribution in [0.15, 0.2) is 0 Å². The van der Waals surface area contributed by atoms with Crippen molar-refractivity contribution in [1.29, 1.82) is 0 Å². The third-order valence-corrected chi connectivity index (χ3v) is 2.27. The first-order valence-electron chi connectivity index (χ1n) is 4.21. The Balaban J connectivity index is 2.14. The quantitative estimate of drug-likeness (QED) is 0.637. The van der Waals surface area contributed by atoms with Gasteiger partial charge in [-0.15, -0.1) is 0 Å². The maximum Gasteiger partial charge on any atom is 0.332 e. The van der Waals surface area contributed by atoms with Gasteiger partial charge in [-0.3, -0.25) is 0 Å². The van der Waals surface area contributed by atoms with Crippen LogP contribution in [0.3, 0.4) is 0 Å². The van der Waals surface area contributed by atoms with Gasteiger partial charge in [0.25, 0.3) is 0 Å². The standard InChI is InChI=1S/C8H15NO3/c1-5(8(10)11)12-7-2-6(3-7)4-9/h5-7H,2-4,9H2,1H3,(H,10,11). The minimum Gasteiger partial charge on any atom is -0.479 e. The van der Waals surface area contributed by atoms with E-state index in [1.807, 2.05) is 0 Å². The van der Waals surface area contributed by atoms with Gasteiger partial charge in [-0.2, -0.15) is 0 Å². The van der Waals surface area contributed by atoms with E-state index in [0.717, 1.165) is 12.8 Å². The molecule has 4 nitrogen and oxygen atoms in total. The fourth-order valence-corrected chi connectivity index (χ4v) is 1.32. The molecule has 0 bridgehead atoms. The third-order valence-electron chi connectivity index (χ3n) is 2.27. The molecule has 1 rings (SSSR count). The lowest BCUT2D eigenvalue weighted by Gasteiger charge is -2.35. The van der Waals surface area contributed by atoms with Crippen LogP contribution < -0.4 is 5.73 Å². The van der Waals surface area contributed by atoms with Gasteiger partial charge < -0.3 is 15.6 Å². The molecular weight excluding hydrogens is 158 g/mol. The van der Waals surface area contributed by atoms with Crippen LogP contribution in [0.4, 0.5) is 0 Å². The van der Waals surface area contributed by atoms with Crippen LogP contribution in [0.5, 0.6) is 0 Å². The second-order valence-corrected chi connectivity index (χ2v) is 3.31. The first-order chi connectivity index (χ1) is 5.63. The molecule has 0 aromatic carbocycles. The predicted molar refractivity (Wildman–Crippen MR) is 43.7 cm³/mol. The molecule has 0 aromatic heterocycles. The number of carbonyl (C=O) groups is 1. The second-order valence-electron chi connectivity index (χ2n) is 3.31. The van der Waals surface area contributed by atoms with Crippen molar-refractivity contribution in [2.75, 3.05) is 6.54 Å². The Morgan fingerprint density at radius 1 is 1.75 bits per heavy atom. The average molecular weight is 173 g/mol. The molecule has 0 aromatic rings. The Morgan fingerprint density at radius 2 is 2.33 bits per heavy atom. The van der Waals surface area contributed by atoms with Gasteiger partial charge in [0.2, 0.25) is 0 Å². The van der Waals surface area contributed by atoms with Crippen LogP contribution in [-0.2, 0) is 9.53 Å². The molecule has 1 aliphatic rings. The zero-order valence-corrected chi connectivity index (χ0v) is 7.19. The topological polar surface area (TPSA) is 72.5 Å². The highest BCUT2D eigenvalue weighted by atomic mass is 16.5. The monoisotopic (exact) mass is 173 g/mol. The summed E-state index contributed by atoms with van der Waals surface area (Å²) in [6.07, 6.45) is 1.25. The third kappa shape index (κ3) is 2.19. The van der Waals surface area contributed by atoms with Crippen molar-refractivity contribution in [3.63, 3.8) is 0 Å². The molecule has 0 saturated heterocycles. The van der Waals surface area contributed by atoms with Crippen molar-refractivity contribution in [3.05, 3.63) is 0 Å². The summed E-state index contributed by atoms with van der Waals surface area (Å²) in [6, 6.07) is 0. The van der Waals surface area contributed by atoms with Crippen LogP contribution in [-0.4, -0.2) is 29.8 Å². The van der Waals surface area contributed by atoms with Crippen molar-refractivity contribution >= 4 is 5.97 Å². The first-order valence-corrected chi connectivity index (χ1v) is 4.21. The minimum absolute atomic E-state index is 0.115. The Labute approximate surface area is 71.7 Å². The highest BCUT2D eigenvalue weighted by Crippen LogP contribution is 2.29. The summed E-state index contributed by atoms with van der Waals surface area (Å²) in [7, 11) is 0. The largest absolute Gasteiger partial charge is 0.479 e. The molecule has 3 N–H and O–H groups in total.